The van der Waals surface area contributed by atoms with Gasteiger partial charge in [-0.1, -0.05) is 6.07 Å². The van der Waals surface area contributed by atoms with Crippen molar-refractivity contribution in [2.75, 3.05) is 19.4 Å². The summed E-state index contributed by atoms with van der Waals surface area (Å²) in [5.74, 6) is -0.00875. The third-order valence-corrected chi connectivity index (χ3v) is 3.00. The lowest BCUT2D eigenvalue weighted by molar-refractivity contribution is 0.0786. The number of anilines is 1. The maximum absolute atomic E-state index is 12.4. The first-order valence-electron chi connectivity index (χ1n) is 6.13. The van der Waals surface area contributed by atoms with Gasteiger partial charge in [0.1, 0.15) is 0 Å². The van der Waals surface area contributed by atoms with Crippen molar-refractivity contribution < 1.29 is 4.79 Å². The molecule has 2 aromatic rings. The van der Waals surface area contributed by atoms with E-state index < -0.39 is 0 Å². The fraction of sp³-hybridized carbons (Fsp3) is 0.286. The minimum absolute atomic E-state index is 0.00875. The van der Waals surface area contributed by atoms with Gasteiger partial charge in [-0.2, -0.15) is 5.10 Å². The smallest absolute Gasteiger partial charge is 0.255 e. The van der Waals surface area contributed by atoms with Crippen molar-refractivity contribution in [3.8, 4) is 0 Å². The highest BCUT2D eigenvalue weighted by molar-refractivity contribution is 5.99. The Morgan fingerprint density at radius 2 is 2.26 bits per heavy atom. The molecular formula is C14H18N4O. The quantitative estimate of drug-likeness (QED) is 0.882. The number of hydrogen-bond acceptors (Lipinski definition) is 3. The topological polar surface area (TPSA) is 61.0 Å². The molecule has 1 aromatic heterocycles. The van der Waals surface area contributed by atoms with E-state index in [0.29, 0.717) is 12.1 Å². The van der Waals surface area contributed by atoms with Gasteiger partial charge in [0.15, 0.2) is 0 Å². The number of nitrogens with zero attached hydrogens (tertiary/aromatic N) is 2. The molecule has 0 radical (unpaired) electrons. The Hall–Kier alpha value is -2.30. The fourth-order valence-electron chi connectivity index (χ4n) is 1.97. The van der Waals surface area contributed by atoms with E-state index in [1.54, 1.807) is 24.3 Å². The van der Waals surface area contributed by atoms with Crippen LogP contribution in [-0.4, -0.2) is 35.1 Å². The van der Waals surface area contributed by atoms with E-state index in [4.69, 9.17) is 0 Å². The predicted octanol–water partition coefficient (Wildman–Crippen LogP) is 2.03. The zero-order valence-electron chi connectivity index (χ0n) is 11.4. The maximum Gasteiger partial charge on any atom is 0.255 e. The highest BCUT2D eigenvalue weighted by Gasteiger charge is 2.15. The summed E-state index contributed by atoms with van der Waals surface area (Å²) in [6.07, 6.45) is 3.51. The van der Waals surface area contributed by atoms with Gasteiger partial charge in [-0.25, -0.2) is 0 Å². The normalized spacial score (nSPS) is 10.3. The third kappa shape index (κ3) is 2.93. The van der Waals surface area contributed by atoms with E-state index in [0.717, 1.165) is 16.8 Å². The van der Waals surface area contributed by atoms with E-state index in [1.807, 2.05) is 32.2 Å². The summed E-state index contributed by atoms with van der Waals surface area (Å²) in [6, 6.07) is 5.77. The Morgan fingerprint density at radius 3 is 2.89 bits per heavy atom. The summed E-state index contributed by atoms with van der Waals surface area (Å²) in [5.41, 5.74) is 3.63. The predicted molar refractivity (Wildman–Crippen MR) is 75.1 cm³/mol. The Kier molecular flexibility index (Phi) is 3.85. The Morgan fingerprint density at radius 1 is 1.47 bits per heavy atom. The second-order valence-corrected chi connectivity index (χ2v) is 4.57. The molecule has 1 amide bonds. The van der Waals surface area contributed by atoms with E-state index in [1.165, 1.54) is 0 Å². The van der Waals surface area contributed by atoms with Crippen molar-refractivity contribution in [3.63, 3.8) is 0 Å². The number of nitrogens with one attached hydrogen (secondary N) is 2. The molecule has 1 heterocycles. The van der Waals surface area contributed by atoms with Gasteiger partial charge in [0.05, 0.1) is 11.8 Å². The van der Waals surface area contributed by atoms with Crippen molar-refractivity contribution in [1.82, 2.24) is 15.1 Å². The number of H-pyrrole nitrogens is 1. The first kappa shape index (κ1) is 13.1. The van der Waals surface area contributed by atoms with Gasteiger partial charge >= 0.3 is 0 Å². The lowest BCUT2D eigenvalue weighted by Gasteiger charge is -2.18. The molecule has 5 nitrogen and oxygen atoms in total. The van der Waals surface area contributed by atoms with Crippen LogP contribution < -0.4 is 5.32 Å². The Balaban J connectivity index is 2.19. The molecule has 0 saturated heterocycles. The molecule has 5 heteroatoms. The summed E-state index contributed by atoms with van der Waals surface area (Å²) in [5, 5.41) is 9.69. The van der Waals surface area contributed by atoms with Crippen LogP contribution in [0.25, 0.3) is 0 Å². The summed E-state index contributed by atoms with van der Waals surface area (Å²) in [7, 11) is 3.61. The van der Waals surface area contributed by atoms with Gasteiger partial charge in [-0.3, -0.25) is 9.89 Å². The van der Waals surface area contributed by atoms with Crippen molar-refractivity contribution in [2.24, 2.45) is 0 Å². The number of amides is 1. The first-order valence-corrected chi connectivity index (χ1v) is 6.13. The standard InChI is InChI=1S/C14H18N4O/c1-10-4-5-12(13(6-10)15-2)14(19)18(3)9-11-7-16-17-8-11/h4-8,15H,9H2,1-3H3,(H,16,17). The van der Waals surface area contributed by atoms with Gasteiger partial charge in [-0.15, -0.1) is 0 Å². The van der Waals surface area contributed by atoms with E-state index >= 15 is 0 Å². The van der Waals surface area contributed by atoms with Gasteiger partial charge in [-0.05, 0) is 24.6 Å². The fourth-order valence-corrected chi connectivity index (χ4v) is 1.97. The first-order chi connectivity index (χ1) is 9.11. The number of carbonyl (C=O) groups is 1. The summed E-state index contributed by atoms with van der Waals surface area (Å²) >= 11 is 0. The van der Waals surface area contributed by atoms with Crippen LogP contribution in [0.5, 0.6) is 0 Å². The van der Waals surface area contributed by atoms with Crippen molar-refractivity contribution in [1.29, 1.82) is 0 Å². The summed E-state index contributed by atoms with van der Waals surface area (Å²) < 4.78 is 0. The van der Waals surface area contributed by atoms with E-state index in [9.17, 15) is 4.79 Å². The van der Waals surface area contributed by atoms with Crippen molar-refractivity contribution >= 4 is 11.6 Å². The summed E-state index contributed by atoms with van der Waals surface area (Å²) in [6.45, 7) is 2.54. The van der Waals surface area contributed by atoms with Crippen LogP contribution in [-0.2, 0) is 6.54 Å². The lowest BCUT2D eigenvalue weighted by Crippen LogP contribution is -2.26. The van der Waals surface area contributed by atoms with Crippen LogP contribution in [0.1, 0.15) is 21.5 Å². The van der Waals surface area contributed by atoms with Gasteiger partial charge < -0.3 is 10.2 Å². The number of aromatic amines is 1. The molecule has 1 aromatic carbocycles. The van der Waals surface area contributed by atoms with Crippen LogP contribution in [0.3, 0.4) is 0 Å². The number of carbonyl (C=O) groups excluding carboxylic acids is 1. The van der Waals surface area contributed by atoms with Crippen LogP contribution in [0, 0.1) is 6.92 Å². The van der Waals surface area contributed by atoms with Crippen LogP contribution in [0.2, 0.25) is 0 Å². The average molecular weight is 258 g/mol. The Labute approximate surface area is 112 Å². The van der Waals surface area contributed by atoms with Gasteiger partial charge in [0.25, 0.3) is 5.91 Å². The molecule has 0 aliphatic rings. The number of aromatic nitrogens is 2. The van der Waals surface area contributed by atoms with Crippen LogP contribution in [0.4, 0.5) is 5.69 Å². The van der Waals surface area contributed by atoms with Crippen molar-refractivity contribution in [3.05, 3.63) is 47.3 Å². The average Bonchev–Trinajstić information content (AvgIpc) is 2.90. The van der Waals surface area contributed by atoms with E-state index in [2.05, 4.69) is 15.5 Å². The molecule has 0 bridgehead atoms. The highest BCUT2D eigenvalue weighted by atomic mass is 16.2. The molecule has 0 aliphatic carbocycles. The molecule has 0 unspecified atom stereocenters. The van der Waals surface area contributed by atoms with E-state index in [-0.39, 0.29) is 5.91 Å². The minimum atomic E-state index is -0.00875. The molecule has 0 fully saturated rings. The molecule has 0 atom stereocenters. The molecule has 2 rings (SSSR count). The van der Waals surface area contributed by atoms with Crippen LogP contribution >= 0.6 is 0 Å². The summed E-state index contributed by atoms with van der Waals surface area (Å²) in [4.78, 5) is 14.1. The molecule has 0 aliphatic heterocycles. The monoisotopic (exact) mass is 258 g/mol. The molecule has 19 heavy (non-hydrogen) atoms. The molecule has 0 saturated carbocycles. The number of benzene rings is 1. The second kappa shape index (κ2) is 5.56. The number of rotatable bonds is 4. The highest BCUT2D eigenvalue weighted by Crippen LogP contribution is 2.19. The zero-order chi connectivity index (χ0) is 13.8. The van der Waals surface area contributed by atoms with Gasteiger partial charge in [0, 0.05) is 38.1 Å². The maximum atomic E-state index is 12.4. The third-order valence-electron chi connectivity index (χ3n) is 3.00. The Bertz CT molecular complexity index is 563. The lowest BCUT2D eigenvalue weighted by atomic mass is 10.1. The SMILES string of the molecule is CNc1cc(C)ccc1C(=O)N(C)Cc1cn[nH]c1. The molecular weight excluding hydrogens is 240 g/mol. The van der Waals surface area contributed by atoms with Crippen LogP contribution in [0.15, 0.2) is 30.6 Å². The number of aryl methyl sites for hydroxylation is 1. The minimum Gasteiger partial charge on any atom is -0.387 e. The second-order valence-electron chi connectivity index (χ2n) is 4.57. The molecule has 0 spiro atoms. The molecule has 2 N–H and O–H groups in total. The number of hydrogen-bond donors (Lipinski definition) is 2. The zero-order valence-corrected chi connectivity index (χ0v) is 11.4. The largest absolute Gasteiger partial charge is 0.387 e. The van der Waals surface area contributed by atoms with Crippen molar-refractivity contribution in [2.45, 2.75) is 13.5 Å². The molecule has 100 valence electrons. The van der Waals surface area contributed by atoms with Gasteiger partial charge in [0.2, 0.25) is 0 Å².